The molecular weight excluding hydrogens is 484 g/mol. The van der Waals surface area contributed by atoms with E-state index in [1.54, 1.807) is 37.4 Å². The van der Waals surface area contributed by atoms with Crippen molar-refractivity contribution in [2.24, 2.45) is 0 Å². The number of amides is 2. The molecule has 2 aromatic carbocycles. The van der Waals surface area contributed by atoms with Gasteiger partial charge in [-0.1, -0.05) is 18.2 Å². The molecule has 1 aromatic heterocycles. The summed E-state index contributed by atoms with van der Waals surface area (Å²) in [4.78, 5) is 40.9. The van der Waals surface area contributed by atoms with Gasteiger partial charge in [-0.3, -0.25) is 19.4 Å². The number of benzene rings is 2. The van der Waals surface area contributed by atoms with Crippen LogP contribution in [0.3, 0.4) is 0 Å². The second-order valence-electron chi connectivity index (χ2n) is 6.95. The summed E-state index contributed by atoms with van der Waals surface area (Å²) in [6, 6.07) is 10.5. The zero-order valence-corrected chi connectivity index (χ0v) is 18.5. The van der Waals surface area contributed by atoms with Gasteiger partial charge in [0.15, 0.2) is 6.29 Å². The minimum absolute atomic E-state index is 0.0971. The predicted octanol–water partition coefficient (Wildman–Crippen LogP) is 4.24. The van der Waals surface area contributed by atoms with Crippen LogP contribution in [0, 0.1) is 11.6 Å². The average Bonchev–Trinajstić information content (AvgIpc) is 2.77. The Labute approximate surface area is 191 Å². The summed E-state index contributed by atoms with van der Waals surface area (Å²) in [6.45, 7) is 0. The van der Waals surface area contributed by atoms with E-state index in [9.17, 15) is 23.2 Å². The molecule has 2 amide bonds. The molecule has 0 bridgehead atoms. The van der Waals surface area contributed by atoms with Crippen molar-refractivity contribution < 1.29 is 23.2 Å². The van der Waals surface area contributed by atoms with Crippen LogP contribution in [-0.4, -0.2) is 30.6 Å². The van der Waals surface area contributed by atoms with Gasteiger partial charge < -0.3 is 10.2 Å². The minimum atomic E-state index is -0.719. The fourth-order valence-electron chi connectivity index (χ4n) is 3.25. The van der Waals surface area contributed by atoms with Gasteiger partial charge in [-0.2, -0.15) is 0 Å². The molecule has 6 nitrogen and oxygen atoms in total. The predicted molar refractivity (Wildman–Crippen MR) is 119 cm³/mol. The van der Waals surface area contributed by atoms with E-state index >= 15 is 0 Å². The number of carbonyl (C=O) groups is 3. The number of aldehydes is 1. The van der Waals surface area contributed by atoms with E-state index in [1.165, 1.54) is 23.2 Å². The van der Waals surface area contributed by atoms with E-state index < -0.39 is 23.6 Å². The summed E-state index contributed by atoms with van der Waals surface area (Å²) in [5.41, 5.74) is 1.72. The van der Waals surface area contributed by atoms with Crippen LogP contribution in [0.15, 0.2) is 59.2 Å². The lowest BCUT2D eigenvalue weighted by Gasteiger charge is -2.21. The number of hydrogen-bond acceptors (Lipinski definition) is 4. The number of aromatic nitrogens is 1. The number of rotatable bonds is 8. The van der Waals surface area contributed by atoms with Crippen molar-refractivity contribution >= 4 is 40.2 Å². The van der Waals surface area contributed by atoms with Crippen molar-refractivity contribution in [2.75, 3.05) is 11.9 Å². The van der Waals surface area contributed by atoms with Crippen molar-refractivity contribution in [3.8, 4) is 0 Å². The SMILES string of the molecule is CN(C(=O)c1ccccc1C=O)c1cnc(C(Cc2cc(F)cc(F)c2)NC=O)c(Br)c1. The molecule has 0 fully saturated rings. The van der Waals surface area contributed by atoms with Gasteiger partial charge in [0, 0.05) is 23.2 Å². The van der Waals surface area contributed by atoms with Crippen LogP contribution in [0.5, 0.6) is 0 Å². The number of anilines is 1. The van der Waals surface area contributed by atoms with E-state index in [1.807, 2.05) is 0 Å². The lowest BCUT2D eigenvalue weighted by molar-refractivity contribution is -0.110. The Kier molecular flexibility index (Phi) is 7.42. The first-order chi connectivity index (χ1) is 15.3. The van der Waals surface area contributed by atoms with Crippen LogP contribution in [0.2, 0.25) is 0 Å². The summed E-state index contributed by atoms with van der Waals surface area (Å²) in [5.74, 6) is -1.84. The maximum Gasteiger partial charge on any atom is 0.258 e. The first kappa shape index (κ1) is 23.2. The molecule has 3 rings (SSSR count). The van der Waals surface area contributed by atoms with Crippen molar-refractivity contribution in [1.82, 2.24) is 10.3 Å². The molecule has 1 atom stereocenters. The van der Waals surface area contributed by atoms with Crippen LogP contribution in [0.25, 0.3) is 0 Å². The molecule has 9 heteroatoms. The highest BCUT2D eigenvalue weighted by Gasteiger charge is 2.21. The Morgan fingerprint density at radius 3 is 2.47 bits per heavy atom. The quantitative estimate of drug-likeness (QED) is 0.468. The molecule has 0 saturated carbocycles. The number of carbonyl (C=O) groups excluding carboxylic acids is 3. The zero-order chi connectivity index (χ0) is 23.3. The van der Waals surface area contributed by atoms with Gasteiger partial charge in [0.2, 0.25) is 6.41 Å². The summed E-state index contributed by atoms with van der Waals surface area (Å²) >= 11 is 3.40. The molecule has 0 radical (unpaired) electrons. The Hall–Kier alpha value is -3.46. The standard InChI is InChI=1S/C23H18BrF2N3O3/c1-29(23(32)19-5-3-2-4-15(19)12-30)18-10-20(24)22(27-11-18)21(28-13-31)8-14-6-16(25)9-17(26)7-14/h2-7,9-13,21H,8H2,1H3,(H,28,31). The maximum absolute atomic E-state index is 13.5. The van der Waals surface area contributed by atoms with Crippen LogP contribution >= 0.6 is 15.9 Å². The van der Waals surface area contributed by atoms with Gasteiger partial charge in [0.25, 0.3) is 5.91 Å². The molecule has 164 valence electrons. The number of nitrogens with one attached hydrogen (secondary N) is 1. The summed E-state index contributed by atoms with van der Waals surface area (Å²) < 4.78 is 27.6. The highest BCUT2D eigenvalue weighted by molar-refractivity contribution is 9.10. The molecule has 1 unspecified atom stereocenters. The topological polar surface area (TPSA) is 79.4 Å². The number of pyridine rings is 1. The number of hydrogen-bond donors (Lipinski definition) is 1. The second-order valence-corrected chi connectivity index (χ2v) is 7.80. The van der Waals surface area contributed by atoms with Gasteiger partial charge in [-0.25, -0.2) is 8.78 Å². The second kappa shape index (κ2) is 10.2. The molecule has 0 aliphatic rings. The van der Waals surface area contributed by atoms with Gasteiger partial charge >= 0.3 is 0 Å². The summed E-state index contributed by atoms with van der Waals surface area (Å²) in [5, 5.41) is 2.60. The average molecular weight is 502 g/mol. The number of nitrogens with zero attached hydrogens (tertiary/aromatic N) is 2. The molecule has 0 spiro atoms. The maximum atomic E-state index is 13.5. The monoisotopic (exact) mass is 501 g/mol. The van der Waals surface area contributed by atoms with E-state index in [0.29, 0.717) is 34.1 Å². The van der Waals surface area contributed by atoms with Crippen molar-refractivity contribution in [3.05, 3.63) is 93.2 Å². The van der Waals surface area contributed by atoms with Gasteiger partial charge in [-0.05, 0) is 52.2 Å². The molecular formula is C23H18BrF2N3O3. The van der Waals surface area contributed by atoms with E-state index in [0.717, 1.165) is 6.07 Å². The van der Waals surface area contributed by atoms with Crippen LogP contribution in [0.1, 0.15) is 38.0 Å². The van der Waals surface area contributed by atoms with Crippen molar-refractivity contribution in [2.45, 2.75) is 12.5 Å². The smallest absolute Gasteiger partial charge is 0.258 e. The van der Waals surface area contributed by atoms with E-state index in [2.05, 4.69) is 26.2 Å². The highest BCUT2D eigenvalue weighted by atomic mass is 79.9. The summed E-state index contributed by atoms with van der Waals surface area (Å²) in [7, 11) is 1.55. The third-order valence-corrected chi connectivity index (χ3v) is 5.46. The van der Waals surface area contributed by atoms with E-state index in [4.69, 9.17) is 0 Å². The third-order valence-electron chi connectivity index (χ3n) is 4.83. The zero-order valence-electron chi connectivity index (χ0n) is 16.9. The molecule has 32 heavy (non-hydrogen) atoms. The van der Waals surface area contributed by atoms with E-state index in [-0.39, 0.29) is 17.5 Å². The fourth-order valence-corrected chi connectivity index (χ4v) is 3.87. The highest BCUT2D eigenvalue weighted by Crippen LogP contribution is 2.29. The van der Waals surface area contributed by atoms with Crippen molar-refractivity contribution in [3.63, 3.8) is 0 Å². The van der Waals surface area contributed by atoms with Gasteiger partial charge in [0.1, 0.15) is 11.6 Å². The Balaban J connectivity index is 1.88. The van der Waals surface area contributed by atoms with Crippen molar-refractivity contribution in [1.29, 1.82) is 0 Å². The Morgan fingerprint density at radius 2 is 1.84 bits per heavy atom. The molecule has 3 aromatic rings. The molecule has 1 heterocycles. The molecule has 0 aliphatic carbocycles. The molecule has 0 saturated heterocycles. The van der Waals surface area contributed by atoms with Crippen LogP contribution in [-0.2, 0) is 11.2 Å². The Bertz CT molecular complexity index is 1150. The fraction of sp³-hybridized carbons (Fsp3) is 0.130. The van der Waals surface area contributed by atoms with Crippen LogP contribution < -0.4 is 10.2 Å². The molecule has 0 aliphatic heterocycles. The first-order valence-electron chi connectivity index (χ1n) is 9.46. The third kappa shape index (κ3) is 5.23. The first-order valence-corrected chi connectivity index (χ1v) is 10.3. The lowest BCUT2D eigenvalue weighted by Crippen LogP contribution is -2.28. The molecule has 1 N–H and O–H groups in total. The Morgan fingerprint density at radius 1 is 1.16 bits per heavy atom. The normalized spacial score (nSPS) is 11.5. The van der Waals surface area contributed by atoms with Gasteiger partial charge in [-0.15, -0.1) is 0 Å². The minimum Gasteiger partial charge on any atom is -0.350 e. The largest absolute Gasteiger partial charge is 0.350 e. The lowest BCUT2D eigenvalue weighted by atomic mass is 10.0. The van der Waals surface area contributed by atoms with Gasteiger partial charge in [0.05, 0.1) is 29.2 Å². The van der Waals surface area contributed by atoms with Crippen LogP contribution in [0.4, 0.5) is 14.5 Å². The number of halogens is 3. The summed E-state index contributed by atoms with van der Waals surface area (Å²) in [6.07, 6.45) is 2.63.